The lowest BCUT2D eigenvalue weighted by molar-refractivity contribution is -0.121. The van der Waals surface area contributed by atoms with Gasteiger partial charge in [0.15, 0.2) is 0 Å². The summed E-state index contributed by atoms with van der Waals surface area (Å²) in [6, 6.07) is -0.943. The number of carbonyl (C=O) groups is 2. The molecular formula is C11H23N3O2. The zero-order chi connectivity index (χ0) is 12.6. The number of amides is 3. The number of imide groups is 1. The number of hydrogen-bond acceptors (Lipinski definition) is 3. The maximum absolute atomic E-state index is 11.3. The van der Waals surface area contributed by atoms with Crippen LogP contribution in [0.2, 0.25) is 0 Å². The van der Waals surface area contributed by atoms with E-state index in [0.29, 0.717) is 0 Å². The number of nitrogens with two attached hydrogens (primary N) is 1. The lowest BCUT2D eigenvalue weighted by Gasteiger charge is -2.18. The van der Waals surface area contributed by atoms with Crippen LogP contribution in [0.3, 0.4) is 0 Å². The Labute approximate surface area is 97.2 Å². The van der Waals surface area contributed by atoms with E-state index >= 15 is 0 Å². The fraction of sp³-hybridized carbons (Fsp3) is 0.818. The molecule has 0 spiro atoms. The first-order valence-electron chi connectivity index (χ1n) is 5.83. The lowest BCUT2D eigenvalue weighted by Crippen LogP contribution is -2.48. The van der Waals surface area contributed by atoms with Crippen LogP contribution >= 0.6 is 0 Å². The number of carbonyl (C=O) groups excluding carboxylic acids is 2. The highest BCUT2D eigenvalue weighted by molar-refractivity contribution is 5.96. The lowest BCUT2D eigenvalue weighted by atomic mass is 10.1. The summed E-state index contributed by atoms with van der Waals surface area (Å²) >= 11 is 0. The summed E-state index contributed by atoms with van der Waals surface area (Å²) in [4.78, 5) is 21.8. The van der Waals surface area contributed by atoms with Gasteiger partial charge in [0.2, 0.25) is 5.91 Å². The highest BCUT2D eigenvalue weighted by Gasteiger charge is 2.15. The van der Waals surface area contributed by atoms with Gasteiger partial charge in [-0.2, -0.15) is 0 Å². The van der Waals surface area contributed by atoms with Gasteiger partial charge in [-0.1, -0.05) is 26.2 Å². The normalized spacial score (nSPS) is 14.2. The first-order valence-corrected chi connectivity index (χ1v) is 5.83. The molecule has 2 atom stereocenters. The standard InChI is InChI=1S/C11H23N3O2/c1-4-5-6-7-8(2)13-9(3)10(15)14-11(12)16/h8-9,13H,4-7H2,1-3H3,(H3,12,14,15,16). The minimum Gasteiger partial charge on any atom is -0.351 e. The Balaban J connectivity index is 3.80. The molecule has 0 aromatic rings. The third kappa shape index (κ3) is 7.23. The molecule has 3 amide bonds. The van der Waals surface area contributed by atoms with E-state index in [9.17, 15) is 9.59 Å². The summed E-state index contributed by atoms with van der Waals surface area (Å²) in [5.41, 5.74) is 4.86. The van der Waals surface area contributed by atoms with Gasteiger partial charge in [-0.15, -0.1) is 0 Å². The second-order valence-corrected chi connectivity index (χ2v) is 4.14. The van der Waals surface area contributed by atoms with Gasteiger partial charge in [-0.05, 0) is 20.3 Å². The van der Waals surface area contributed by atoms with Crippen molar-refractivity contribution in [1.82, 2.24) is 10.6 Å². The predicted octanol–water partition coefficient (Wildman–Crippen LogP) is 1.13. The molecule has 0 aromatic heterocycles. The molecule has 0 bridgehead atoms. The number of hydrogen-bond donors (Lipinski definition) is 3. The third-order valence-electron chi connectivity index (χ3n) is 2.41. The molecule has 4 N–H and O–H groups in total. The van der Waals surface area contributed by atoms with Crippen LogP contribution in [-0.4, -0.2) is 24.0 Å². The SMILES string of the molecule is CCCCCC(C)NC(C)C(=O)NC(N)=O. The number of unbranched alkanes of at least 4 members (excludes halogenated alkanes) is 2. The van der Waals surface area contributed by atoms with Crippen molar-refractivity contribution in [2.24, 2.45) is 5.73 Å². The predicted molar refractivity (Wildman–Crippen MR) is 63.9 cm³/mol. The topological polar surface area (TPSA) is 84.2 Å². The van der Waals surface area contributed by atoms with Crippen molar-refractivity contribution < 1.29 is 9.59 Å². The third-order valence-corrected chi connectivity index (χ3v) is 2.41. The molecule has 16 heavy (non-hydrogen) atoms. The van der Waals surface area contributed by atoms with Gasteiger partial charge in [-0.3, -0.25) is 10.1 Å². The van der Waals surface area contributed by atoms with Crippen LogP contribution in [0, 0.1) is 0 Å². The Morgan fingerprint density at radius 1 is 1.25 bits per heavy atom. The molecule has 5 nitrogen and oxygen atoms in total. The van der Waals surface area contributed by atoms with Gasteiger partial charge in [0.1, 0.15) is 0 Å². The minimum atomic E-state index is -0.808. The van der Waals surface area contributed by atoms with E-state index in [4.69, 9.17) is 5.73 Å². The van der Waals surface area contributed by atoms with E-state index in [0.717, 1.165) is 12.8 Å². The molecular weight excluding hydrogens is 206 g/mol. The average Bonchev–Trinajstić information content (AvgIpc) is 2.16. The Bertz CT molecular complexity index is 231. The van der Waals surface area contributed by atoms with Gasteiger partial charge in [0.25, 0.3) is 0 Å². The summed E-state index contributed by atoms with van der Waals surface area (Å²) in [6.45, 7) is 5.90. The zero-order valence-electron chi connectivity index (χ0n) is 10.4. The molecule has 94 valence electrons. The molecule has 0 radical (unpaired) electrons. The first-order chi connectivity index (χ1) is 7.47. The van der Waals surface area contributed by atoms with E-state index in [1.807, 2.05) is 6.92 Å². The molecule has 0 rings (SSSR count). The summed E-state index contributed by atoms with van der Waals surface area (Å²) in [5.74, 6) is -0.380. The number of primary amides is 1. The second-order valence-electron chi connectivity index (χ2n) is 4.14. The Morgan fingerprint density at radius 3 is 2.38 bits per heavy atom. The average molecular weight is 229 g/mol. The van der Waals surface area contributed by atoms with Crippen LogP contribution in [0.15, 0.2) is 0 Å². The van der Waals surface area contributed by atoms with Crippen LogP contribution in [-0.2, 0) is 4.79 Å². The largest absolute Gasteiger partial charge is 0.351 e. The van der Waals surface area contributed by atoms with Crippen molar-refractivity contribution in [3.63, 3.8) is 0 Å². The fourth-order valence-electron chi connectivity index (χ4n) is 1.52. The van der Waals surface area contributed by atoms with Crippen LogP contribution in [0.4, 0.5) is 4.79 Å². The molecule has 2 unspecified atom stereocenters. The summed E-state index contributed by atoms with van der Waals surface area (Å²) in [5, 5.41) is 5.18. The summed E-state index contributed by atoms with van der Waals surface area (Å²) in [7, 11) is 0. The van der Waals surface area contributed by atoms with E-state index in [1.165, 1.54) is 12.8 Å². The molecule has 0 saturated carbocycles. The maximum atomic E-state index is 11.3. The maximum Gasteiger partial charge on any atom is 0.318 e. The van der Waals surface area contributed by atoms with E-state index in [2.05, 4.69) is 17.6 Å². The molecule has 0 fully saturated rings. The zero-order valence-corrected chi connectivity index (χ0v) is 10.4. The van der Waals surface area contributed by atoms with Crippen LogP contribution in [0.25, 0.3) is 0 Å². The van der Waals surface area contributed by atoms with Crippen molar-refractivity contribution in [2.75, 3.05) is 0 Å². The summed E-state index contributed by atoms with van der Waals surface area (Å²) < 4.78 is 0. The Kier molecular flexibility index (Phi) is 7.54. The molecule has 0 aliphatic rings. The van der Waals surface area contributed by atoms with Crippen LogP contribution < -0.4 is 16.4 Å². The minimum absolute atomic E-state index is 0.264. The molecule has 0 aliphatic carbocycles. The van der Waals surface area contributed by atoms with Crippen molar-refractivity contribution in [3.05, 3.63) is 0 Å². The monoisotopic (exact) mass is 229 g/mol. The highest BCUT2D eigenvalue weighted by atomic mass is 16.2. The molecule has 0 aliphatic heterocycles. The van der Waals surface area contributed by atoms with Gasteiger partial charge in [0.05, 0.1) is 6.04 Å². The summed E-state index contributed by atoms with van der Waals surface area (Å²) in [6.07, 6.45) is 4.56. The van der Waals surface area contributed by atoms with Gasteiger partial charge >= 0.3 is 6.03 Å². The van der Waals surface area contributed by atoms with Crippen LogP contribution in [0.5, 0.6) is 0 Å². The van der Waals surface area contributed by atoms with Crippen molar-refractivity contribution in [3.8, 4) is 0 Å². The van der Waals surface area contributed by atoms with Gasteiger partial charge in [-0.25, -0.2) is 4.79 Å². The Hall–Kier alpha value is -1.10. The van der Waals surface area contributed by atoms with Crippen molar-refractivity contribution >= 4 is 11.9 Å². The number of nitrogens with one attached hydrogen (secondary N) is 2. The highest BCUT2D eigenvalue weighted by Crippen LogP contribution is 2.03. The second kappa shape index (κ2) is 8.10. The fourth-order valence-corrected chi connectivity index (χ4v) is 1.52. The van der Waals surface area contributed by atoms with Crippen molar-refractivity contribution in [2.45, 2.75) is 58.5 Å². The molecule has 0 saturated heterocycles. The van der Waals surface area contributed by atoms with Crippen molar-refractivity contribution in [1.29, 1.82) is 0 Å². The molecule has 0 heterocycles. The molecule has 0 aromatic carbocycles. The smallest absolute Gasteiger partial charge is 0.318 e. The number of urea groups is 1. The van der Waals surface area contributed by atoms with E-state index < -0.39 is 12.1 Å². The van der Waals surface area contributed by atoms with Crippen LogP contribution in [0.1, 0.15) is 46.5 Å². The number of rotatable bonds is 7. The first kappa shape index (κ1) is 14.9. The quantitative estimate of drug-likeness (QED) is 0.572. The van der Waals surface area contributed by atoms with E-state index in [-0.39, 0.29) is 11.9 Å². The van der Waals surface area contributed by atoms with E-state index in [1.54, 1.807) is 6.92 Å². The Morgan fingerprint density at radius 2 is 1.88 bits per heavy atom. The molecule has 5 heteroatoms. The van der Waals surface area contributed by atoms with Gasteiger partial charge < -0.3 is 11.1 Å². The van der Waals surface area contributed by atoms with Gasteiger partial charge in [0, 0.05) is 6.04 Å².